The third-order valence-corrected chi connectivity index (χ3v) is 5.44. The van der Waals surface area contributed by atoms with Gasteiger partial charge in [-0.1, -0.05) is 0 Å². The monoisotopic (exact) mass is 479 g/mol. The molecule has 1 aliphatic heterocycles. The Morgan fingerprint density at radius 3 is 2.18 bits per heavy atom. The number of phenols is 4. The van der Waals surface area contributed by atoms with Crippen LogP contribution in [0.2, 0.25) is 0 Å². The molecule has 3 unspecified atom stereocenters. The number of benzene rings is 2. The van der Waals surface area contributed by atoms with Gasteiger partial charge in [-0.3, -0.25) is 0 Å². The van der Waals surface area contributed by atoms with Crippen LogP contribution in [0.4, 0.5) is 0 Å². The van der Waals surface area contributed by atoms with Crippen LogP contribution in [-0.4, -0.2) is 85.3 Å². The first-order chi connectivity index (χ1) is 16.1. The number of aromatic hydroxyl groups is 4. The lowest BCUT2D eigenvalue weighted by Crippen LogP contribution is -2.60. The van der Waals surface area contributed by atoms with Gasteiger partial charge in [0.05, 0.1) is 25.3 Å². The van der Waals surface area contributed by atoms with Gasteiger partial charge in [-0.15, -0.1) is 0 Å². The molecule has 5 atom stereocenters. The van der Waals surface area contributed by atoms with E-state index >= 15 is 0 Å². The Balaban J connectivity index is 1.88. The Hall–Kier alpha value is -3.55. The molecule has 2 heterocycles. The third-order valence-electron chi connectivity index (χ3n) is 5.44. The highest BCUT2D eigenvalue weighted by molar-refractivity contribution is 5.89. The molecule has 1 fully saturated rings. The summed E-state index contributed by atoms with van der Waals surface area (Å²) >= 11 is 0. The Bertz CT molecular complexity index is 1190. The number of hydrogen-bond acceptors (Lipinski definition) is 11. The van der Waals surface area contributed by atoms with E-state index < -0.39 is 54.6 Å². The maximum Gasteiger partial charge on any atom is 0.402 e. The van der Waals surface area contributed by atoms with Crippen molar-refractivity contribution in [1.82, 2.24) is 0 Å². The van der Waals surface area contributed by atoms with E-state index in [1.165, 1.54) is 25.3 Å². The number of aliphatic hydroxyl groups excluding tert-OH is 4. The molecule has 0 spiro atoms. The van der Waals surface area contributed by atoms with Crippen molar-refractivity contribution in [3.8, 4) is 45.8 Å². The normalized spacial score (nSPS) is 24.8. The molecule has 0 bridgehead atoms. The van der Waals surface area contributed by atoms with E-state index in [0.29, 0.717) is 5.39 Å². The highest BCUT2D eigenvalue weighted by Gasteiger charge is 2.45. The van der Waals surface area contributed by atoms with Crippen molar-refractivity contribution in [2.75, 3.05) is 13.7 Å². The summed E-state index contributed by atoms with van der Waals surface area (Å²) in [5.41, 5.74) is 0.136. The van der Waals surface area contributed by atoms with E-state index in [4.69, 9.17) is 18.6 Å². The van der Waals surface area contributed by atoms with Crippen LogP contribution in [0.5, 0.6) is 34.5 Å². The molecular formula is C22H23O12+. The van der Waals surface area contributed by atoms with Gasteiger partial charge in [0.1, 0.15) is 41.3 Å². The largest absolute Gasteiger partial charge is 0.507 e. The number of phenolic OH excluding ortho intramolecular Hbond substituents is 4. The van der Waals surface area contributed by atoms with Crippen LogP contribution in [0.25, 0.3) is 22.3 Å². The van der Waals surface area contributed by atoms with Crippen LogP contribution in [0.15, 0.2) is 34.7 Å². The summed E-state index contributed by atoms with van der Waals surface area (Å²) in [6.45, 7) is -0.674. The molecule has 8 N–H and O–H groups in total. The highest BCUT2D eigenvalue weighted by Crippen LogP contribution is 2.45. The van der Waals surface area contributed by atoms with Crippen LogP contribution in [0.3, 0.4) is 0 Å². The quantitative estimate of drug-likeness (QED) is 0.185. The molecule has 0 radical (unpaired) electrons. The smallest absolute Gasteiger partial charge is 0.402 e. The molecule has 1 aliphatic rings. The van der Waals surface area contributed by atoms with E-state index in [9.17, 15) is 40.9 Å². The van der Waals surface area contributed by atoms with Crippen molar-refractivity contribution < 1.29 is 59.5 Å². The van der Waals surface area contributed by atoms with E-state index in [0.717, 1.165) is 12.1 Å². The third kappa shape index (κ3) is 4.08. The molecule has 34 heavy (non-hydrogen) atoms. The second kappa shape index (κ2) is 9.00. The molecule has 0 saturated carbocycles. The van der Waals surface area contributed by atoms with Crippen molar-refractivity contribution in [2.24, 2.45) is 0 Å². The van der Waals surface area contributed by atoms with E-state index in [-0.39, 0.29) is 34.2 Å². The molecule has 0 aliphatic carbocycles. The second-order valence-electron chi connectivity index (χ2n) is 7.68. The molecule has 0 amide bonds. The predicted molar refractivity (Wildman–Crippen MR) is 114 cm³/mol. The van der Waals surface area contributed by atoms with Gasteiger partial charge >= 0.3 is 11.3 Å². The van der Waals surface area contributed by atoms with E-state index in [1.54, 1.807) is 0 Å². The van der Waals surface area contributed by atoms with Crippen molar-refractivity contribution in [3.63, 3.8) is 0 Å². The fraction of sp³-hybridized carbons (Fsp3) is 0.318. The molecule has 1 aromatic heterocycles. The Labute approximate surface area is 191 Å². The summed E-state index contributed by atoms with van der Waals surface area (Å²) in [5.74, 6) is -2.36. The van der Waals surface area contributed by atoms with Crippen LogP contribution in [-0.2, 0) is 4.74 Å². The zero-order valence-corrected chi connectivity index (χ0v) is 17.7. The summed E-state index contributed by atoms with van der Waals surface area (Å²) in [6, 6.07) is 6.13. The molecule has 182 valence electrons. The lowest BCUT2D eigenvalue weighted by atomic mass is 9.99. The van der Waals surface area contributed by atoms with E-state index in [2.05, 4.69) is 0 Å². The fourth-order valence-electron chi connectivity index (χ4n) is 3.65. The van der Waals surface area contributed by atoms with Crippen molar-refractivity contribution in [1.29, 1.82) is 0 Å². The van der Waals surface area contributed by atoms with Gasteiger partial charge < -0.3 is 55.1 Å². The summed E-state index contributed by atoms with van der Waals surface area (Å²) in [7, 11) is 1.36. The number of hydrogen-bond donors (Lipinski definition) is 8. The van der Waals surface area contributed by atoms with Crippen molar-refractivity contribution in [3.05, 3.63) is 30.3 Å². The maximum absolute atomic E-state index is 10.4. The Kier molecular flexibility index (Phi) is 6.25. The first-order valence-corrected chi connectivity index (χ1v) is 10.0. The number of rotatable bonds is 5. The Morgan fingerprint density at radius 2 is 1.56 bits per heavy atom. The van der Waals surface area contributed by atoms with Gasteiger partial charge in [0, 0.05) is 24.3 Å². The van der Waals surface area contributed by atoms with Gasteiger partial charge in [0.15, 0.2) is 17.2 Å². The fourth-order valence-corrected chi connectivity index (χ4v) is 3.65. The SMILES string of the molecule is COc1cc(O)cc2[o+]c(-c3cc(O)c(O)c(O)c3)c(O[C@@H]3OC(CO)[C@@H](O)C(O)C3O)cc12. The predicted octanol–water partition coefficient (Wildman–Crippen LogP) is 0.391. The first kappa shape index (κ1) is 23.6. The molecule has 1 saturated heterocycles. The van der Waals surface area contributed by atoms with Gasteiger partial charge in [-0.2, -0.15) is 0 Å². The molecular weight excluding hydrogens is 456 g/mol. The summed E-state index contributed by atoms with van der Waals surface area (Å²) in [5, 5.41) is 79.8. The minimum absolute atomic E-state index is 0.0246. The van der Waals surface area contributed by atoms with Crippen LogP contribution in [0.1, 0.15) is 0 Å². The second-order valence-corrected chi connectivity index (χ2v) is 7.68. The van der Waals surface area contributed by atoms with Crippen LogP contribution < -0.4 is 9.47 Å². The number of aliphatic hydroxyl groups is 4. The zero-order chi connectivity index (χ0) is 24.7. The molecule has 3 aromatic rings. The van der Waals surface area contributed by atoms with Crippen LogP contribution >= 0.6 is 0 Å². The maximum atomic E-state index is 10.4. The summed E-state index contributed by atoms with van der Waals surface area (Å²) in [4.78, 5) is 0. The molecule has 12 nitrogen and oxygen atoms in total. The van der Waals surface area contributed by atoms with Crippen molar-refractivity contribution >= 4 is 11.0 Å². The van der Waals surface area contributed by atoms with Crippen molar-refractivity contribution in [2.45, 2.75) is 30.7 Å². The van der Waals surface area contributed by atoms with Crippen LogP contribution in [0, 0.1) is 0 Å². The number of methoxy groups -OCH3 is 1. The minimum atomic E-state index is -1.73. The molecule has 4 rings (SSSR count). The standard InChI is InChI=1S/C22H22O12/c1-31-13-4-9(24)5-14-10(13)6-15(21(32-14)8-2-11(25)17(27)12(26)3-8)33-22-20(30)19(29)18(28)16(7-23)34-22/h2-6,16,18-20,22-23,28-30H,7H2,1H3,(H3-,24,25,26,27)/p+1/t16?,18-,19?,20?,22-/m1/s1. The van der Waals surface area contributed by atoms with Gasteiger partial charge in [-0.25, -0.2) is 4.42 Å². The molecule has 2 aromatic carbocycles. The average Bonchev–Trinajstić information content (AvgIpc) is 2.81. The number of ether oxygens (including phenoxy) is 3. The van der Waals surface area contributed by atoms with Gasteiger partial charge in [0.25, 0.3) is 0 Å². The zero-order valence-electron chi connectivity index (χ0n) is 17.7. The van der Waals surface area contributed by atoms with Gasteiger partial charge in [-0.05, 0) is 0 Å². The van der Waals surface area contributed by atoms with Gasteiger partial charge in [0.2, 0.25) is 12.0 Å². The first-order valence-electron chi connectivity index (χ1n) is 10.0. The Morgan fingerprint density at radius 1 is 0.882 bits per heavy atom. The lowest BCUT2D eigenvalue weighted by molar-refractivity contribution is -0.277. The summed E-state index contributed by atoms with van der Waals surface area (Å²) in [6.07, 6.45) is -7.86. The lowest BCUT2D eigenvalue weighted by Gasteiger charge is -2.39. The summed E-state index contributed by atoms with van der Waals surface area (Å²) < 4.78 is 22.3. The average molecular weight is 479 g/mol. The number of fused-ring (bicyclic) bond motifs is 1. The van der Waals surface area contributed by atoms with E-state index in [1.807, 2.05) is 0 Å². The minimum Gasteiger partial charge on any atom is -0.507 e. The topological polar surface area (TPSA) is 201 Å². The highest BCUT2D eigenvalue weighted by atomic mass is 16.7. The molecule has 12 heteroatoms.